The Bertz CT molecular complexity index is 1500. The van der Waals surface area contributed by atoms with Crippen molar-refractivity contribution in [2.24, 2.45) is 5.92 Å². The summed E-state index contributed by atoms with van der Waals surface area (Å²) in [7, 11) is -3.57. The number of halogens is 4. The fourth-order valence-electron chi connectivity index (χ4n) is 4.52. The van der Waals surface area contributed by atoms with Gasteiger partial charge in [0.05, 0.1) is 28.3 Å². The Hall–Kier alpha value is -3.60. The number of hydrogen-bond donors (Lipinski definition) is 1. The number of nitrogens with one attached hydrogen (secondary N) is 1. The lowest BCUT2D eigenvalue weighted by Crippen LogP contribution is -2.25. The van der Waals surface area contributed by atoms with Crippen molar-refractivity contribution in [1.82, 2.24) is 4.98 Å². The van der Waals surface area contributed by atoms with Crippen molar-refractivity contribution in [3.05, 3.63) is 88.4 Å². The molecule has 39 heavy (non-hydrogen) atoms. The summed E-state index contributed by atoms with van der Waals surface area (Å²) in [5.74, 6) is -1.70. The van der Waals surface area contributed by atoms with Gasteiger partial charge in [-0.1, -0.05) is 25.1 Å². The molecule has 0 radical (unpaired) electrons. The van der Waals surface area contributed by atoms with Gasteiger partial charge in [-0.25, -0.2) is 17.8 Å². The first-order valence-electron chi connectivity index (χ1n) is 12.4. The lowest BCUT2D eigenvalue weighted by molar-refractivity contribution is -0.137. The molecule has 0 saturated heterocycles. The third-order valence-corrected chi connectivity index (χ3v) is 8.52. The predicted molar refractivity (Wildman–Crippen MR) is 137 cm³/mol. The smallest absolute Gasteiger partial charge is 0.310 e. The molecule has 4 rings (SSSR count). The number of fused-ring (bicyclic) bond motifs is 1. The van der Waals surface area contributed by atoms with E-state index in [2.05, 4.69) is 10.3 Å². The minimum atomic E-state index is -4.39. The van der Waals surface area contributed by atoms with Crippen LogP contribution in [0.15, 0.2) is 59.5 Å². The van der Waals surface area contributed by atoms with E-state index in [1.54, 1.807) is 6.07 Å². The number of carbonyl (C=O) groups is 2. The molecular weight excluding hydrogens is 536 g/mol. The first kappa shape index (κ1) is 28.4. The Morgan fingerprint density at radius 3 is 2.44 bits per heavy atom. The average Bonchev–Trinajstić information content (AvgIpc) is 2.89. The number of Topliss-reactive ketones (excluding diaryl/α,β-unsaturated/α-hetero) is 1. The maximum absolute atomic E-state index is 14.4. The zero-order valence-corrected chi connectivity index (χ0v) is 21.8. The molecule has 206 valence electrons. The molecule has 2 aromatic carbocycles. The first-order valence-corrected chi connectivity index (χ1v) is 14.0. The highest BCUT2D eigenvalue weighted by molar-refractivity contribution is 7.91. The maximum atomic E-state index is 14.4. The van der Waals surface area contributed by atoms with E-state index in [1.165, 1.54) is 37.3 Å². The molecule has 0 fully saturated rings. The summed E-state index contributed by atoms with van der Waals surface area (Å²) in [6, 6.07) is 11.4. The predicted octanol–water partition coefficient (Wildman–Crippen LogP) is 5.59. The van der Waals surface area contributed by atoms with Crippen LogP contribution in [0.5, 0.6) is 0 Å². The molecule has 3 aromatic rings. The zero-order valence-electron chi connectivity index (χ0n) is 21.0. The van der Waals surface area contributed by atoms with E-state index in [1.807, 2.05) is 0 Å². The molecule has 0 aliphatic heterocycles. The number of aromatic nitrogens is 1. The highest BCUT2D eigenvalue weighted by Crippen LogP contribution is 2.31. The van der Waals surface area contributed by atoms with E-state index in [4.69, 9.17) is 0 Å². The summed E-state index contributed by atoms with van der Waals surface area (Å²) in [6.45, 7) is 1.46. The van der Waals surface area contributed by atoms with Crippen molar-refractivity contribution in [2.75, 3.05) is 11.1 Å². The Morgan fingerprint density at radius 2 is 1.79 bits per heavy atom. The molecule has 1 atom stereocenters. The first-order chi connectivity index (χ1) is 18.4. The molecule has 1 unspecified atom stereocenters. The second-order valence-electron chi connectivity index (χ2n) is 9.41. The lowest BCUT2D eigenvalue weighted by Gasteiger charge is -2.23. The second kappa shape index (κ2) is 11.3. The highest BCUT2D eigenvalue weighted by Gasteiger charge is 2.31. The van der Waals surface area contributed by atoms with E-state index in [9.17, 15) is 35.6 Å². The summed E-state index contributed by atoms with van der Waals surface area (Å²) in [4.78, 5) is 29.7. The Balaban J connectivity index is 1.36. The number of nitrogens with zero attached hydrogens (tertiary/aromatic N) is 1. The van der Waals surface area contributed by atoms with Crippen LogP contribution in [0.4, 0.5) is 23.4 Å². The molecule has 1 amide bonds. The summed E-state index contributed by atoms with van der Waals surface area (Å²) in [5, 5.41) is 2.59. The Labute approximate surface area is 223 Å². The van der Waals surface area contributed by atoms with Gasteiger partial charge in [-0.3, -0.25) is 9.59 Å². The van der Waals surface area contributed by atoms with Crippen molar-refractivity contribution >= 4 is 27.3 Å². The van der Waals surface area contributed by atoms with Gasteiger partial charge in [-0.2, -0.15) is 13.2 Å². The van der Waals surface area contributed by atoms with Gasteiger partial charge in [0.15, 0.2) is 15.6 Å². The van der Waals surface area contributed by atoms with Gasteiger partial charge in [-0.05, 0) is 73.2 Å². The Morgan fingerprint density at radius 1 is 1.08 bits per heavy atom. The summed E-state index contributed by atoms with van der Waals surface area (Å²) in [6.07, 6.45) is -2.75. The van der Waals surface area contributed by atoms with Gasteiger partial charge >= 0.3 is 6.18 Å². The number of carbonyl (C=O) groups excluding carboxylic acids is 2. The fourth-order valence-corrected chi connectivity index (χ4v) is 5.41. The largest absolute Gasteiger partial charge is 0.416 e. The quantitative estimate of drug-likeness (QED) is 0.361. The van der Waals surface area contributed by atoms with Crippen LogP contribution in [0, 0.1) is 11.7 Å². The van der Waals surface area contributed by atoms with E-state index in [0.717, 1.165) is 23.8 Å². The van der Waals surface area contributed by atoms with Gasteiger partial charge in [-0.15, -0.1) is 0 Å². The number of benzene rings is 2. The monoisotopic (exact) mass is 562 g/mol. The number of amides is 1. The number of rotatable bonds is 8. The highest BCUT2D eigenvalue weighted by atomic mass is 32.2. The molecule has 1 aromatic heterocycles. The number of aryl methyl sites for hydroxylation is 2. The van der Waals surface area contributed by atoms with Crippen LogP contribution in [0.3, 0.4) is 0 Å². The van der Waals surface area contributed by atoms with E-state index in [-0.39, 0.29) is 40.2 Å². The SMILES string of the molecule is CCS(=O)(=O)c1ccc(CC(=O)Nc2ccc3c(n2)CCC(CCc2ccc(C(F)(F)F)cc2)C3=O)c(F)c1. The Kier molecular flexibility index (Phi) is 8.20. The topological polar surface area (TPSA) is 93.2 Å². The van der Waals surface area contributed by atoms with Crippen LogP contribution in [0.25, 0.3) is 0 Å². The van der Waals surface area contributed by atoms with Crippen molar-refractivity contribution in [1.29, 1.82) is 0 Å². The number of hydrogen-bond acceptors (Lipinski definition) is 5. The van der Waals surface area contributed by atoms with Gasteiger partial charge in [0.25, 0.3) is 0 Å². The van der Waals surface area contributed by atoms with Gasteiger partial charge < -0.3 is 5.32 Å². The molecule has 11 heteroatoms. The van der Waals surface area contributed by atoms with Gasteiger partial charge in [0.2, 0.25) is 5.91 Å². The van der Waals surface area contributed by atoms with Gasteiger partial charge in [0.1, 0.15) is 11.6 Å². The zero-order chi connectivity index (χ0) is 28.4. The number of ketones is 1. The van der Waals surface area contributed by atoms with Gasteiger partial charge in [0, 0.05) is 11.5 Å². The van der Waals surface area contributed by atoms with Crippen molar-refractivity contribution < 1.29 is 35.6 Å². The minimum absolute atomic E-state index is 0.0339. The summed E-state index contributed by atoms with van der Waals surface area (Å²) in [5.41, 5.74) is 1.01. The van der Waals surface area contributed by atoms with Crippen LogP contribution in [-0.2, 0) is 40.1 Å². The lowest BCUT2D eigenvalue weighted by atomic mass is 9.82. The minimum Gasteiger partial charge on any atom is -0.310 e. The van der Waals surface area contributed by atoms with Crippen LogP contribution in [0.2, 0.25) is 0 Å². The molecular formula is C28H26F4N2O4S. The second-order valence-corrected chi connectivity index (χ2v) is 11.7. The summed E-state index contributed by atoms with van der Waals surface area (Å²) >= 11 is 0. The number of sulfone groups is 1. The van der Waals surface area contributed by atoms with Crippen LogP contribution >= 0.6 is 0 Å². The molecule has 0 spiro atoms. The molecule has 1 heterocycles. The average molecular weight is 563 g/mol. The summed E-state index contributed by atoms with van der Waals surface area (Å²) < 4.78 is 76.5. The normalized spacial score (nSPS) is 15.6. The molecule has 1 aliphatic rings. The maximum Gasteiger partial charge on any atom is 0.416 e. The van der Waals surface area contributed by atoms with Crippen LogP contribution < -0.4 is 5.32 Å². The third-order valence-electron chi connectivity index (χ3n) is 6.78. The van der Waals surface area contributed by atoms with Crippen LogP contribution in [0.1, 0.15) is 52.5 Å². The van der Waals surface area contributed by atoms with Crippen molar-refractivity contribution in [2.45, 2.75) is 50.1 Å². The number of pyridine rings is 1. The van der Waals surface area contributed by atoms with Crippen LogP contribution in [-0.4, -0.2) is 30.8 Å². The molecule has 1 aliphatic carbocycles. The molecule has 0 bridgehead atoms. The molecule has 0 saturated carbocycles. The van der Waals surface area contributed by atoms with E-state index >= 15 is 0 Å². The number of alkyl halides is 3. The van der Waals surface area contributed by atoms with E-state index in [0.29, 0.717) is 36.9 Å². The standard InChI is InChI=1S/C28H26F4N2O4S/c1-2-39(37,38)21-11-7-19(23(29)16-21)15-26(35)34-25-14-12-22-24(33-25)13-8-18(27(22)36)6-3-17-4-9-20(10-5-17)28(30,31)32/h4-5,7,9-12,14,16,18H,2-3,6,8,13,15H2,1H3,(H,33,34,35). The van der Waals surface area contributed by atoms with Crippen molar-refractivity contribution in [3.8, 4) is 0 Å². The molecule has 1 N–H and O–H groups in total. The fraction of sp³-hybridized carbons (Fsp3) is 0.321. The molecule has 6 nitrogen and oxygen atoms in total. The van der Waals surface area contributed by atoms with Crippen molar-refractivity contribution in [3.63, 3.8) is 0 Å². The third kappa shape index (κ3) is 6.70. The number of anilines is 1. The van der Waals surface area contributed by atoms with E-state index < -0.39 is 33.3 Å².